The monoisotopic (exact) mass is 349 g/mol. The van der Waals surface area contributed by atoms with Crippen LogP contribution >= 0.6 is 23.8 Å². The van der Waals surface area contributed by atoms with E-state index in [4.69, 9.17) is 29.6 Å². The average Bonchev–Trinajstić information content (AvgIpc) is 2.37. The second-order valence-electron chi connectivity index (χ2n) is 4.92. The standard InChI is InChI=1S/C13H20ClN3O2S2/c1-17(2)8-4-3-7-16-21(18,19)12-9-10(13(15)20)5-6-11(12)14/h5-6,9,16H,3-4,7-8H2,1-2H3,(H2,15,20). The Hall–Kier alpha value is -0.730. The van der Waals surface area contributed by atoms with Gasteiger partial charge in [0.15, 0.2) is 0 Å². The molecule has 0 fully saturated rings. The number of halogens is 1. The summed E-state index contributed by atoms with van der Waals surface area (Å²) in [5.74, 6) is 0. The van der Waals surface area contributed by atoms with Crippen molar-refractivity contribution in [1.29, 1.82) is 0 Å². The van der Waals surface area contributed by atoms with Crippen LogP contribution in [-0.4, -0.2) is 45.5 Å². The third kappa shape index (κ3) is 5.88. The maximum atomic E-state index is 12.2. The summed E-state index contributed by atoms with van der Waals surface area (Å²) in [5.41, 5.74) is 5.99. The van der Waals surface area contributed by atoms with Crippen LogP contribution in [0.15, 0.2) is 23.1 Å². The molecule has 118 valence electrons. The molecule has 0 spiro atoms. The molecule has 21 heavy (non-hydrogen) atoms. The summed E-state index contributed by atoms with van der Waals surface area (Å²) < 4.78 is 27.0. The van der Waals surface area contributed by atoms with Crippen molar-refractivity contribution < 1.29 is 8.42 Å². The molecule has 0 aliphatic rings. The van der Waals surface area contributed by atoms with E-state index in [9.17, 15) is 8.42 Å². The van der Waals surface area contributed by atoms with Crippen molar-refractivity contribution in [1.82, 2.24) is 9.62 Å². The quantitative estimate of drug-likeness (QED) is 0.550. The van der Waals surface area contributed by atoms with E-state index < -0.39 is 10.0 Å². The van der Waals surface area contributed by atoms with Gasteiger partial charge in [0, 0.05) is 12.1 Å². The van der Waals surface area contributed by atoms with Crippen LogP contribution in [0.2, 0.25) is 5.02 Å². The van der Waals surface area contributed by atoms with Crippen molar-refractivity contribution in [2.45, 2.75) is 17.7 Å². The van der Waals surface area contributed by atoms with Gasteiger partial charge in [-0.05, 0) is 45.6 Å². The van der Waals surface area contributed by atoms with E-state index in [1.54, 1.807) is 6.07 Å². The highest BCUT2D eigenvalue weighted by Gasteiger charge is 2.18. The van der Waals surface area contributed by atoms with E-state index in [0.29, 0.717) is 12.1 Å². The molecule has 0 atom stereocenters. The summed E-state index contributed by atoms with van der Waals surface area (Å²) >= 11 is 10.8. The van der Waals surface area contributed by atoms with Crippen LogP contribution in [0.3, 0.4) is 0 Å². The van der Waals surface area contributed by atoms with Crippen LogP contribution in [-0.2, 0) is 10.0 Å². The molecule has 0 heterocycles. The first-order chi connectivity index (χ1) is 9.74. The van der Waals surface area contributed by atoms with Gasteiger partial charge in [0.2, 0.25) is 10.0 Å². The zero-order chi connectivity index (χ0) is 16.0. The Balaban J connectivity index is 2.74. The highest BCUT2D eigenvalue weighted by Crippen LogP contribution is 2.22. The van der Waals surface area contributed by atoms with Crippen LogP contribution in [0.4, 0.5) is 0 Å². The lowest BCUT2D eigenvalue weighted by molar-refractivity contribution is 0.394. The van der Waals surface area contributed by atoms with E-state index in [-0.39, 0.29) is 14.9 Å². The molecule has 0 aliphatic carbocycles. The molecule has 1 aromatic carbocycles. The molecule has 0 saturated heterocycles. The fourth-order valence-electron chi connectivity index (χ4n) is 1.70. The summed E-state index contributed by atoms with van der Waals surface area (Å²) in [7, 11) is 0.296. The fourth-order valence-corrected chi connectivity index (χ4v) is 3.42. The van der Waals surface area contributed by atoms with Crippen LogP contribution in [0.1, 0.15) is 18.4 Å². The summed E-state index contributed by atoms with van der Waals surface area (Å²) in [6.07, 6.45) is 1.67. The van der Waals surface area contributed by atoms with Crippen LogP contribution < -0.4 is 10.5 Å². The average molecular weight is 350 g/mol. The number of rotatable bonds is 8. The summed E-state index contributed by atoms with van der Waals surface area (Å²) in [6, 6.07) is 4.48. The molecule has 0 aromatic heterocycles. The Morgan fingerprint density at radius 3 is 2.62 bits per heavy atom. The minimum absolute atomic E-state index is 0.00192. The van der Waals surface area contributed by atoms with Crippen LogP contribution in [0, 0.1) is 0 Å². The molecular formula is C13H20ClN3O2S2. The van der Waals surface area contributed by atoms with Gasteiger partial charge >= 0.3 is 0 Å². The van der Waals surface area contributed by atoms with Crippen molar-refractivity contribution >= 4 is 38.8 Å². The Kier molecular flexibility index (Phi) is 7.02. The zero-order valence-electron chi connectivity index (χ0n) is 12.1. The number of nitrogens with one attached hydrogen (secondary N) is 1. The smallest absolute Gasteiger partial charge is 0.242 e. The number of nitrogens with two attached hydrogens (primary N) is 1. The lowest BCUT2D eigenvalue weighted by atomic mass is 10.2. The predicted molar refractivity (Wildman–Crippen MR) is 90.3 cm³/mol. The van der Waals surface area contributed by atoms with Crippen molar-refractivity contribution in [3.63, 3.8) is 0 Å². The molecule has 0 radical (unpaired) electrons. The van der Waals surface area contributed by atoms with Crippen molar-refractivity contribution in [2.24, 2.45) is 5.73 Å². The van der Waals surface area contributed by atoms with Gasteiger partial charge in [0.05, 0.1) is 5.02 Å². The Bertz CT molecular complexity index is 603. The van der Waals surface area contributed by atoms with E-state index in [2.05, 4.69) is 9.62 Å². The third-order valence-electron chi connectivity index (χ3n) is 2.83. The molecule has 0 saturated carbocycles. The lowest BCUT2D eigenvalue weighted by Gasteiger charge is -2.11. The van der Waals surface area contributed by atoms with Gasteiger partial charge in [0.25, 0.3) is 0 Å². The normalized spacial score (nSPS) is 11.8. The largest absolute Gasteiger partial charge is 0.389 e. The highest BCUT2D eigenvalue weighted by molar-refractivity contribution is 7.89. The summed E-state index contributed by atoms with van der Waals surface area (Å²) in [5, 5.41) is 0.149. The molecule has 3 N–H and O–H groups in total. The van der Waals surface area contributed by atoms with Gasteiger partial charge in [-0.25, -0.2) is 13.1 Å². The second-order valence-corrected chi connectivity index (χ2v) is 7.50. The van der Waals surface area contributed by atoms with Crippen molar-refractivity contribution in [3.8, 4) is 0 Å². The molecule has 1 rings (SSSR count). The number of thiocarbonyl (C=S) groups is 1. The molecule has 1 aromatic rings. The Labute approximate surface area is 136 Å². The second kappa shape index (κ2) is 8.05. The highest BCUT2D eigenvalue weighted by atomic mass is 35.5. The van der Waals surface area contributed by atoms with Gasteiger partial charge in [-0.3, -0.25) is 0 Å². The third-order valence-corrected chi connectivity index (χ3v) is 5.01. The first kappa shape index (κ1) is 18.3. The molecule has 5 nitrogen and oxygen atoms in total. The van der Waals surface area contributed by atoms with E-state index >= 15 is 0 Å². The van der Waals surface area contributed by atoms with E-state index in [1.165, 1.54) is 12.1 Å². The topological polar surface area (TPSA) is 75.4 Å². The molecule has 0 unspecified atom stereocenters. The van der Waals surface area contributed by atoms with Gasteiger partial charge in [-0.15, -0.1) is 0 Å². The van der Waals surface area contributed by atoms with Gasteiger partial charge in [-0.2, -0.15) is 0 Å². The molecule has 0 aliphatic heterocycles. The minimum Gasteiger partial charge on any atom is -0.389 e. The zero-order valence-corrected chi connectivity index (χ0v) is 14.5. The SMILES string of the molecule is CN(C)CCCCNS(=O)(=O)c1cc(C(N)=S)ccc1Cl. The predicted octanol–water partition coefficient (Wildman–Crippen LogP) is 1.59. The van der Waals surface area contributed by atoms with Crippen LogP contribution in [0.5, 0.6) is 0 Å². The molecule has 8 heteroatoms. The van der Waals surface area contributed by atoms with Gasteiger partial charge in [0.1, 0.15) is 9.88 Å². The number of benzene rings is 1. The maximum Gasteiger partial charge on any atom is 0.242 e. The number of hydrogen-bond donors (Lipinski definition) is 2. The van der Waals surface area contributed by atoms with Crippen molar-refractivity contribution in [3.05, 3.63) is 28.8 Å². The Morgan fingerprint density at radius 1 is 1.38 bits per heavy atom. The maximum absolute atomic E-state index is 12.2. The van der Waals surface area contributed by atoms with Gasteiger partial charge < -0.3 is 10.6 Å². The van der Waals surface area contributed by atoms with E-state index in [1.807, 2.05) is 14.1 Å². The minimum atomic E-state index is -3.66. The van der Waals surface area contributed by atoms with Gasteiger partial charge in [-0.1, -0.05) is 29.9 Å². The molecular weight excluding hydrogens is 330 g/mol. The molecule has 0 bridgehead atoms. The van der Waals surface area contributed by atoms with Crippen LogP contribution in [0.25, 0.3) is 0 Å². The first-order valence-corrected chi connectivity index (χ1v) is 8.74. The number of nitrogens with zero attached hydrogens (tertiary/aromatic N) is 1. The lowest BCUT2D eigenvalue weighted by Crippen LogP contribution is -2.26. The van der Waals surface area contributed by atoms with Crippen molar-refractivity contribution in [2.75, 3.05) is 27.2 Å². The summed E-state index contributed by atoms with van der Waals surface area (Å²) in [6.45, 7) is 1.28. The van der Waals surface area contributed by atoms with E-state index in [0.717, 1.165) is 19.4 Å². The number of hydrogen-bond acceptors (Lipinski definition) is 4. The fraction of sp³-hybridized carbons (Fsp3) is 0.462. The number of unbranched alkanes of at least 4 members (excludes halogenated alkanes) is 1. The molecule has 0 amide bonds. The summed E-state index contributed by atoms with van der Waals surface area (Å²) in [4.78, 5) is 2.19. The number of sulfonamides is 1. The first-order valence-electron chi connectivity index (χ1n) is 6.48. The Morgan fingerprint density at radius 2 is 2.05 bits per heavy atom.